The van der Waals surface area contributed by atoms with Gasteiger partial charge in [-0.1, -0.05) is 115 Å². The highest BCUT2D eigenvalue weighted by atomic mass is 32.1. The summed E-state index contributed by atoms with van der Waals surface area (Å²) in [4.78, 5) is 20.2. The average molecular weight is 823 g/mol. The molecule has 0 bridgehead atoms. The average Bonchev–Trinajstić information content (AvgIpc) is 4.01. The van der Waals surface area contributed by atoms with Crippen LogP contribution >= 0.6 is 11.3 Å². The maximum absolute atomic E-state index is 5.35. The summed E-state index contributed by atoms with van der Waals surface area (Å²) in [6.45, 7) is 0. The van der Waals surface area contributed by atoms with Gasteiger partial charge in [-0.25, -0.2) is 9.97 Å². The quantitative estimate of drug-likeness (QED) is 0.168. The molecule has 0 saturated heterocycles. The van der Waals surface area contributed by atoms with Crippen molar-refractivity contribution in [3.63, 3.8) is 0 Å². The Bertz CT molecular complexity index is 3860. The number of pyridine rings is 2. The van der Waals surface area contributed by atoms with Crippen LogP contribution in [0.2, 0.25) is 0 Å². The highest BCUT2D eigenvalue weighted by Gasteiger charge is 2.19. The van der Waals surface area contributed by atoms with Gasteiger partial charge >= 0.3 is 0 Å². The van der Waals surface area contributed by atoms with E-state index < -0.39 is 0 Å². The van der Waals surface area contributed by atoms with E-state index in [9.17, 15) is 0 Å². The third kappa shape index (κ3) is 5.78. The van der Waals surface area contributed by atoms with Crippen LogP contribution in [-0.4, -0.2) is 29.1 Å². The molecule has 7 aromatic carbocycles. The Morgan fingerprint density at radius 3 is 1.84 bits per heavy atom. The summed E-state index contributed by atoms with van der Waals surface area (Å²) >= 11 is 1.79. The van der Waals surface area contributed by atoms with E-state index in [2.05, 4.69) is 185 Å². The van der Waals surface area contributed by atoms with Crippen molar-refractivity contribution in [3.05, 3.63) is 207 Å². The highest BCUT2D eigenvalue weighted by molar-refractivity contribution is 7.25. The van der Waals surface area contributed by atoms with E-state index >= 15 is 0 Å². The topological polar surface area (TPSA) is 61.4 Å². The molecule has 13 aromatic rings. The molecular weight excluding hydrogens is 789 g/mol. The number of hydrogen-bond donors (Lipinski definition) is 0. The van der Waals surface area contributed by atoms with Crippen LogP contribution in [0.15, 0.2) is 207 Å². The summed E-state index contributed by atoms with van der Waals surface area (Å²) < 4.78 is 7.10. The molecule has 7 heteroatoms. The first-order chi connectivity index (χ1) is 31.2. The molecule has 13 rings (SSSR count). The van der Waals surface area contributed by atoms with Crippen LogP contribution in [-0.2, 0) is 0 Å². The van der Waals surface area contributed by atoms with Gasteiger partial charge in [-0.3, -0.25) is 14.5 Å². The van der Waals surface area contributed by atoms with E-state index in [0.29, 0.717) is 0 Å². The van der Waals surface area contributed by atoms with Gasteiger partial charge in [0.25, 0.3) is 0 Å². The lowest BCUT2D eigenvalue weighted by Gasteiger charge is -2.13. The molecule has 0 radical (unpaired) electrons. The number of para-hydroxylation sites is 2. The van der Waals surface area contributed by atoms with Crippen LogP contribution in [0.25, 0.3) is 120 Å². The van der Waals surface area contributed by atoms with Crippen molar-refractivity contribution in [1.82, 2.24) is 29.1 Å². The zero-order chi connectivity index (χ0) is 41.4. The molecule has 294 valence electrons. The molecule has 0 aliphatic heterocycles. The van der Waals surface area contributed by atoms with Crippen LogP contribution in [0, 0.1) is 0 Å². The van der Waals surface area contributed by atoms with Crippen LogP contribution < -0.4 is 0 Å². The second kappa shape index (κ2) is 14.2. The molecule has 63 heavy (non-hydrogen) atoms. The van der Waals surface area contributed by atoms with Crippen LogP contribution in [0.5, 0.6) is 0 Å². The predicted molar refractivity (Wildman–Crippen MR) is 261 cm³/mol. The molecule has 0 fully saturated rings. The monoisotopic (exact) mass is 822 g/mol. The minimum absolute atomic E-state index is 0.801. The predicted octanol–water partition coefficient (Wildman–Crippen LogP) is 14.5. The van der Waals surface area contributed by atoms with Gasteiger partial charge in [0, 0.05) is 60.2 Å². The van der Waals surface area contributed by atoms with Gasteiger partial charge in [0.1, 0.15) is 5.82 Å². The number of benzene rings is 7. The Morgan fingerprint density at radius 1 is 0.365 bits per heavy atom. The molecule has 0 saturated carbocycles. The second-order valence-corrected chi connectivity index (χ2v) is 17.0. The van der Waals surface area contributed by atoms with Crippen molar-refractivity contribution in [3.8, 4) is 56.4 Å². The summed E-state index contributed by atoms with van der Waals surface area (Å²) in [6.07, 6.45) is 5.61. The number of fused-ring (bicyclic) bond motifs is 9. The van der Waals surface area contributed by atoms with Crippen LogP contribution in [0.3, 0.4) is 0 Å². The molecule has 6 nitrogen and oxygen atoms in total. The Morgan fingerprint density at radius 2 is 1.03 bits per heavy atom. The molecule has 0 atom stereocenters. The second-order valence-electron chi connectivity index (χ2n) is 15.9. The normalized spacial score (nSPS) is 11.8. The summed E-state index contributed by atoms with van der Waals surface area (Å²) in [5.74, 6) is 0.853. The largest absolute Gasteiger partial charge is 0.309 e. The SMILES string of the molecule is c1ccc(-c2cc(-c3ccccc3)nc(-n3c4ccccc4c4ccc(-c5cncc(-c6ccc7c(c6)c6ccccc6n7-c6ccc7sc8cccnc8c7c6)n5)cc43)c2)cc1. The first-order valence-electron chi connectivity index (χ1n) is 21.0. The van der Waals surface area contributed by atoms with Gasteiger partial charge in [-0.05, 0) is 83.9 Å². The van der Waals surface area contributed by atoms with E-state index in [4.69, 9.17) is 19.9 Å². The lowest BCUT2D eigenvalue weighted by molar-refractivity contribution is 1.08. The Hall–Kier alpha value is -8.26. The fourth-order valence-electron chi connectivity index (χ4n) is 9.34. The Kier molecular flexibility index (Phi) is 7.98. The first-order valence-corrected chi connectivity index (χ1v) is 21.8. The molecule has 0 spiro atoms. The molecule has 6 aromatic heterocycles. The van der Waals surface area contributed by atoms with Gasteiger partial charge in [0.2, 0.25) is 0 Å². The maximum Gasteiger partial charge on any atom is 0.138 e. The van der Waals surface area contributed by atoms with E-state index in [1.165, 1.54) is 25.6 Å². The molecule has 0 unspecified atom stereocenters. The first kappa shape index (κ1) is 35.5. The van der Waals surface area contributed by atoms with Gasteiger partial charge in [0.15, 0.2) is 0 Å². The van der Waals surface area contributed by atoms with E-state index in [0.717, 1.165) is 94.8 Å². The fraction of sp³-hybridized carbons (Fsp3) is 0. The van der Waals surface area contributed by atoms with Crippen molar-refractivity contribution in [2.45, 2.75) is 0 Å². The Balaban J connectivity index is 0.942. The molecule has 6 heterocycles. The summed E-state index contributed by atoms with van der Waals surface area (Å²) in [6, 6.07) is 66.7. The molecule has 0 N–H and O–H groups in total. The molecule has 0 aliphatic carbocycles. The maximum atomic E-state index is 5.35. The van der Waals surface area contributed by atoms with Crippen molar-refractivity contribution in [2.75, 3.05) is 0 Å². The summed E-state index contributed by atoms with van der Waals surface area (Å²) in [5, 5.41) is 5.84. The van der Waals surface area contributed by atoms with Crippen LogP contribution in [0.4, 0.5) is 0 Å². The van der Waals surface area contributed by atoms with Gasteiger partial charge in [-0.2, -0.15) is 0 Å². The smallest absolute Gasteiger partial charge is 0.138 e. The molecule has 0 aliphatic rings. The number of aromatic nitrogens is 6. The highest BCUT2D eigenvalue weighted by Crippen LogP contribution is 2.40. The molecule has 0 amide bonds. The van der Waals surface area contributed by atoms with E-state index in [1.807, 2.05) is 30.7 Å². The third-order valence-corrected chi connectivity index (χ3v) is 13.4. The standard InChI is InChI=1S/C56H34N6S/c1-3-12-35(13-4-1)39-29-46(36-14-5-2-6-15-36)60-55(31-39)62-50-19-10-7-16-41(50)43-24-21-38(30-52(43)62)48-34-57-33-47(59-48)37-22-25-51-44(28-37)42-17-8-9-18-49(42)61(51)40-23-26-53-45(32-40)56-54(63-53)20-11-27-58-56/h1-34H. The van der Waals surface area contributed by atoms with Gasteiger partial charge in [-0.15, -0.1) is 11.3 Å². The van der Waals surface area contributed by atoms with Crippen molar-refractivity contribution >= 4 is 75.3 Å². The van der Waals surface area contributed by atoms with E-state index in [-0.39, 0.29) is 0 Å². The van der Waals surface area contributed by atoms with Gasteiger partial charge in [0.05, 0.1) is 61.8 Å². The molecular formula is C56H34N6S. The lowest BCUT2D eigenvalue weighted by atomic mass is 10.0. The number of rotatable bonds is 6. The summed E-state index contributed by atoms with van der Waals surface area (Å²) in [5.41, 5.74) is 14.4. The number of hydrogen-bond acceptors (Lipinski definition) is 5. The lowest BCUT2D eigenvalue weighted by Crippen LogP contribution is -2.00. The number of thiophene rings is 1. The Labute approximate surface area is 365 Å². The van der Waals surface area contributed by atoms with Crippen molar-refractivity contribution < 1.29 is 0 Å². The fourth-order valence-corrected chi connectivity index (χ4v) is 10.4. The summed E-state index contributed by atoms with van der Waals surface area (Å²) in [7, 11) is 0. The van der Waals surface area contributed by atoms with E-state index in [1.54, 1.807) is 11.3 Å². The van der Waals surface area contributed by atoms with Crippen molar-refractivity contribution in [2.24, 2.45) is 0 Å². The third-order valence-electron chi connectivity index (χ3n) is 12.3. The van der Waals surface area contributed by atoms with Crippen molar-refractivity contribution in [1.29, 1.82) is 0 Å². The van der Waals surface area contributed by atoms with Gasteiger partial charge < -0.3 is 4.57 Å². The van der Waals surface area contributed by atoms with Crippen LogP contribution in [0.1, 0.15) is 0 Å². The number of nitrogens with zero attached hydrogens (tertiary/aromatic N) is 6. The zero-order valence-corrected chi connectivity index (χ0v) is 34.5. The zero-order valence-electron chi connectivity index (χ0n) is 33.7. The minimum Gasteiger partial charge on any atom is -0.309 e. The minimum atomic E-state index is 0.801.